The zero-order chi connectivity index (χ0) is 22.2. The van der Waals surface area contributed by atoms with Crippen molar-refractivity contribution in [2.24, 2.45) is 0 Å². The highest BCUT2D eigenvalue weighted by atomic mass is 19.4. The third-order valence-electron chi connectivity index (χ3n) is 5.57. The number of nitrogens with zero attached hydrogens (tertiary/aromatic N) is 6. The van der Waals surface area contributed by atoms with Gasteiger partial charge in [-0.2, -0.15) is 18.3 Å². The molecule has 4 heterocycles. The number of halogens is 3. The third kappa shape index (κ3) is 4.40. The van der Waals surface area contributed by atoms with Gasteiger partial charge in [0.15, 0.2) is 0 Å². The Morgan fingerprint density at radius 1 is 1.35 bits per heavy atom. The molecule has 3 aromatic rings. The lowest BCUT2D eigenvalue weighted by atomic mass is 9.91. The van der Waals surface area contributed by atoms with Crippen molar-refractivity contribution < 1.29 is 22.5 Å². The zero-order valence-electron chi connectivity index (χ0n) is 17.3. The van der Waals surface area contributed by atoms with Crippen molar-refractivity contribution in [1.29, 1.82) is 0 Å². The van der Waals surface area contributed by atoms with Crippen LogP contribution in [-0.4, -0.2) is 48.8 Å². The minimum atomic E-state index is -4.56. The van der Waals surface area contributed by atoms with Crippen LogP contribution >= 0.6 is 0 Å². The number of aryl methyl sites for hydroxylation is 1. The number of aromatic nitrogens is 5. The van der Waals surface area contributed by atoms with Crippen LogP contribution in [0.3, 0.4) is 0 Å². The van der Waals surface area contributed by atoms with Gasteiger partial charge in [0, 0.05) is 31.1 Å². The second-order valence-corrected chi connectivity index (χ2v) is 8.08. The van der Waals surface area contributed by atoms with Crippen LogP contribution in [0.15, 0.2) is 23.2 Å². The molecule has 0 aliphatic carbocycles. The molecule has 1 atom stereocenters. The Morgan fingerprint density at radius 3 is 2.84 bits per heavy atom. The van der Waals surface area contributed by atoms with E-state index in [0.29, 0.717) is 38.2 Å². The average Bonchev–Trinajstić information content (AvgIpc) is 3.40. The van der Waals surface area contributed by atoms with E-state index in [0.717, 1.165) is 6.07 Å². The molecule has 0 bridgehead atoms. The van der Waals surface area contributed by atoms with Crippen molar-refractivity contribution in [3.05, 3.63) is 35.7 Å². The van der Waals surface area contributed by atoms with Crippen molar-refractivity contribution in [1.82, 2.24) is 29.8 Å². The van der Waals surface area contributed by atoms with Gasteiger partial charge in [-0.1, -0.05) is 19.0 Å². The van der Waals surface area contributed by atoms with Gasteiger partial charge in [0.2, 0.25) is 5.91 Å². The Bertz CT molecular complexity index is 1060. The molecule has 1 saturated heterocycles. The van der Waals surface area contributed by atoms with Gasteiger partial charge in [0.05, 0.1) is 23.2 Å². The van der Waals surface area contributed by atoms with Gasteiger partial charge in [-0.3, -0.25) is 9.48 Å². The number of amides is 1. The van der Waals surface area contributed by atoms with Crippen molar-refractivity contribution in [3.63, 3.8) is 0 Å². The van der Waals surface area contributed by atoms with Crippen molar-refractivity contribution >= 4 is 17.0 Å². The van der Waals surface area contributed by atoms with Crippen molar-refractivity contribution in [2.75, 3.05) is 13.1 Å². The van der Waals surface area contributed by atoms with Crippen LogP contribution in [0.1, 0.15) is 61.9 Å². The second-order valence-electron chi connectivity index (χ2n) is 8.08. The summed E-state index contributed by atoms with van der Waals surface area (Å²) < 4.78 is 48.4. The van der Waals surface area contributed by atoms with E-state index in [9.17, 15) is 18.0 Å². The first-order chi connectivity index (χ1) is 14.7. The zero-order valence-corrected chi connectivity index (χ0v) is 17.3. The molecule has 3 aromatic heterocycles. The number of pyridine rings is 1. The highest BCUT2D eigenvalue weighted by Crippen LogP contribution is 2.40. The molecule has 0 saturated carbocycles. The molecule has 1 amide bonds. The number of fused-ring (bicyclic) bond motifs is 1. The molecule has 0 spiro atoms. The van der Waals surface area contributed by atoms with E-state index in [2.05, 4.69) is 20.2 Å². The van der Waals surface area contributed by atoms with Gasteiger partial charge < -0.3 is 9.42 Å². The molecule has 0 aromatic carbocycles. The molecule has 1 aliphatic heterocycles. The average molecular weight is 436 g/mol. The summed E-state index contributed by atoms with van der Waals surface area (Å²) in [6, 6.07) is 1.08. The second kappa shape index (κ2) is 8.27. The number of hydrogen-bond acceptors (Lipinski definition) is 6. The molecule has 0 N–H and O–H groups in total. The first-order valence-corrected chi connectivity index (χ1v) is 10.2. The monoisotopic (exact) mass is 436 g/mol. The summed E-state index contributed by atoms with van der Waals surface area (Å²) in [5.74, 6) is -0.616. The lowest BCUT2D eigenvalue weighted by Crippen LogP contribution is -2.39. The fourth-order valence-corrected chi connectivity index (χ4v) is 3.93. The van der Waals surface area contributed by atoms with E-state index in [-0.39, 0.29) is 41.0 Å². The van der Waals surface area contributed by atoms with Gasteiger partial charge >= 0.3 is 6.18 Å². The van der Waals surface area contributed by atoms with Crippen LogP contribution in [0, 0.1) is 0 Å². The molecule has 0 unspecified atom stereocenters. The molecule has 31 heavy (non-hydrogen) atoms. The van der Waals surface area contributed by atoms with Gasteiger partial charge in [-0.15, -0.1) is 0 Å². The van der Waals surface area contributed by atoms with E-state index in [1.54, 1.807) is 23.4 Å². The number of alkyl halides is 3. The Kier molecular flexibility index (Phi) is 5.67. The van der Waals surface area contributed by atoms with Crippen LogP contribution in [0.4, 0.5) is 13.2 Å². The van der Waals surface area contributed by atoms with Crippen LogP contribution < -0.4 is 0 Å². The molecule has 1 fully saturated rings. The maximum absolute atomic E-state index is 13.9. The lowest BCUT2D eigenvalue weighted by Gasteiger charge is -2.32. The summed E-state index contributed by atoms with van der Waals surface area (Å²) in [6.45, 7) is 4.80. The number of rotatable bonds is 5. The summed E-state index contributed by atoms with van der Waals surface area (Å²) in [7, 11) is 0. The summed E-state index contributed by atoms with van der Waals surface area (Å²) in [4.78, 5) is 22.4. The van der Waals surface area contributed by atoms with Crippen LogP contribution in [0.5, 0.6) is 0 Å². The number of carbonyl (C=O) groups excluding carboxylic acids is 1. The Morgan fingerprint density at radius 2 is 2.16 bits per heavy atom. The standard InChI is InChI=1S/C20H23F3N6O2/c1-12(2)15-8-14(20(21,22)23)17-18(27-31-19(17)26-15)13-4-3-6-28(9-13)16(30)5-7-29-11-24-10-25-29/h8,10-13H,3-7,9H2,1-2H3/t13-/m1/s1. The fraction of sp³-hybridized carbons (Fsp3) is 0.550. The van der Waals surface area contributed by atoms with Crippen molar-refractivity contribution in [3.8, 4) is 0 Å². The molecule has 4 rings (SSSR count). The minimum Gasteiger partial charge on any atom is -0.342 e. The van der Waals surface area contributed by atoms with Gasteiger partial charge in [-0.05, 0) is 24.8 Å². The smallest absolute Gasteiger partial charge is 0.342 e. The summed E-state index contributed by atoms with van der Waals surface area (Å²) in [5, 5.41) is 7.85. The molecule has 166 valence electrons. The molecular formula is C20H23F3N6O2. The molecule has 8 nitrogen and oxygen atoms in total. The van der Waals surface area contributed by atoms with Crippen LogP contribution in [0.25, 0.3) is 11.1 Å². The van der Waals surface area contributed by atoms with E-state index < -0.39 is 11.7 Å². The first kappa shape index (κ1) is 21.3. The molecule has 0 radical (unpaired) electrons. The summed E-state index contributed by atoms with van der Waals surface area (Å²) in [5.41, 5.74) is -0.370. The van der Waals surface area contributed by atoms with Crippen LogP contribution in [-0.2, 0) is 17.5 Å². The first-order valence-electron chi connectivity index (χ1n) is 10.2. The number of hydrogen-bond donors (Lipinski definition) is 0. The van der Waals surface area contributed by atoms with E-state index in [4.69, 9.17) is 4.52 Å². The van der Waals surface area contributed by atoms with Crippen LogP contribution in [0.2, 0.25) is 0 Å². The predicted molar refractivity (Wildman–Crippen MR) is 104 cm³/mol. The topological polar surface area (TPSA) is 89.9 Å². The van der Waals surface area contributed by atoms with Gasteiger partial charge in [0.1, 0.15) is 12.7 Å². The van der Waals surface area contributed by atoms with Gasteiger partial charge in [-0.25, -0.2) is 9.97 Å². The quantitative estimate of drug-likeness (QED) is 0.605. The highest BCUT2D eigenvalue weighted by Gasteiger charge is 2.38. The lowest BCUT2D eigenvalue weighted by molar-refractivity contribution is -0.136. The Balaban J connectivity index is 1.60. The largest absolute Gasteiger partial charge is 0.417 e. The Labute approximate surface area is 176 Å². The van der Waals surface area contributed by atoms with E-state index in [1.807, 2.05) is 0 Å². The maximum atomic E-state index is 13.9. The molecule has 1 aliphatic rings. The summed E-state index contributed by atoms with van der Waals surface area (Å²) >= 11 is 0. The van der Waals surface area contributed by atoms with E-state index in [1.165, 1.54) is 12.7 Å². The van der Waals surface area contributed by atoms with E-state index >= 15 is 0 Å². The number of likely N-dealkylation sites (tertiary alicyclic amines) is 1. The fourth-order valence-electron chi connectivity index (χ4n) is 3.93. The third-order valence-corrected chi connectivity index (χ3v) is 5.57. The molecular weight excluding hydrogens is 413 g/mol. The van der Waals surface area contributed by atoms with Crippen molar-refractivity contribution in [2.45, 2.75) is 57.7 Å². The van der Waals surface area contributed by atoms with Gasteiger partial charge in [0.25, 0.3) is 5.71 Å². The Hall–Kier alpha value is -2.98. The number of carbonyl (C=O) groups is 1. The SMILES string of the molecule is CC(C)c1cc(C(F)(F)F)c2c([C@@H]3CCCN(C(=O)CCn4cncn4)C3)noc2n1. The molecule has 11 heteroatoms. The minimum absolute atomic E-state index is 0.0794. The highest BCUT2D eigenvalue weighted by molar-refractivity contribution is 5.82. The maximum Gasteiger partial charge on any atom is 0.417 e. The normalized spacial score (nSPS) is 17.6. The summed E-state index contributed by atoms with van der Waals surface area (Å²) in [6.07, 6.45) is -0.0977. The predicted octanol–water partition coefficient (Wildman–Crippen LogP) is 3.75. The number of piperidine rings is 1.